The Kier molecular flexibility index (Phi) is 6.42. The monoisotopic (exact) mass is 319 g/mol. The Morgan fingerprint density at radius 3 is 2.74 bits per heavy atom. The number of rotatable bonds is 6. The first-order valence-electron chi connectivity index (χ1n) is 8.56. The number of carbonyl (C=O) groups excluding carboxylic acids is 1. The van der Waals surface area contributed by atoms with E-state index in [1.807, 2.05) is 30.3 Å². The van der Waals surface area contributed by atoms with Crippen LogP contribution in [0.4, 0.5) is 4.79 Å². The molecule has 0 spiro atoms. The Bertz CT molecular complexity index is 490. The van der Waals surface area contributed by atoms with Crippen LogP contribution in [0.15, 0.2) is 30.3 Å². The largest absolute Gasteiger partial charge is 0.384 e. The molecule has 1 aromatic carbocycles. The zero-order valence-electron chi connectivity index (χ0n) is 14.2. The smallest absolute Gasteiger partial charge is 0.314 e. The first-order chi connectivity index (χ1) is 11.0. The summed E-state index contributed by atoms with van der Waals surface area (Å²) in [7, 11) is 0. The second-order valence-electron chi connectivity index (χ2n) is 6.48. The molecule has 2 amide bonds. The summed E-state index contributed by atoms with van der Waals surface area (Å²) in [5.74, 6) is 0. The molecule has 1 aromatic rings. The number of urea groups is 1. The van der Waals surface area contributed by atoms with Crippen LogP contribution in [0, 0.1) is 0 Å². The van der Waals surface area contributed by atoms with Crippen LogP contribution in [0.3, 0.4) is 0 Å². The predicted molar refractivity (Wildman–Crippen MR) is 92.3 cm³/mol. The molecule has 2 atom stereocenters. The number of carbonyl (C=O) groups is 1. The van der Waals surface area contributed by atoms with E-state index in [4.69, 9.17) is 0 Å². The summed E-state index contributed by atoms with van der Waals surface area (Å²) >= 11 is 0. The van der Waals surface area contributed by atoms with Crippen LogP contribution in [-0.4, -0.2) is 48.3 Å². The molecule has 2 unspecified atom stereocenters. The van der Waals surface area contributed by atoms with Crippen molar-refractivity contribution < 1.29 is 9.90 Å². The molecule has 1 fully saturated rings. The Hall–Kier alpha value is -1.59. The summed E-state index contributed by atoms with van der Waals surface area (Å²) in [5, 5.41) is 16.2. The zero-order chi connectivity index (χ0) is 16.7. The van der Waals surface area contributed by atoms with E-state index in [0.717, 1.165) is 25.1 Å². The molecule has 128 valence electrons. The van der Waals surface area contributed by atoms with Gasteiger partial charge in [0, 0.05) is 12.6 Å². The topological polar surface area (TPSA) is 64.6 Å². The average molecular weight is 319 g/mol. The molecule has 3 N–H and O–H groups in total. The minimum Gasteiger partial charge on any atom is -0.384 e. The van der Waals surface area contributed by atoms with Gasteiger partial charge in [0.1, 0.15) is 5.60 Å². The van der Waals surface area contributed by atoms with Gasteiger partial charge in [-0.25, -0.2) is 4.79 Å². The molecule has 0 bridgehead atoms. The minimum absolute atomic E-state index is 0.186. The van der Waals surface area contributed by atoms with Crippen LogP contribution in [-0.2, 0) is 5.60 Å². The van der Waals surface area contributed by atoms with Crippen LogP contribution in [0.1, 0.15) is 38.7 Å². The fourth-order valence-corrected chi connectivity index (χ4v) is 3.13. The molecule has 2 rings (SSSR count). The lowest BCUT2D eigenvalue weighted by Gasteiger charge is -2.35. The molecular formula is C18H29N3O2. The second-order valence-corrected chi connectivity index (χ2v) is 6.48. The Balaban J connectivity index is 1.76. The van der Waals surface area contributed by atoms with Crippen LogP contribution in [0.5, 0.6) is 0 Å². The molecule has 5 nitrogen and oxygen atoms in total. The highest BCUT2D eigenvalue weighted by Gasteiger charge is 2.24. The van der Waals surface area contributed by atoms with Crippen molar-refractivity contribution in [2.24, 2.45) is 0 Å². The third-order valence-electron chi connectivity index (χ3n) is 4.64. The van der Waals surface area contributed by atoms with Crippen molar-refractivity contribution in [2.75, 3.05) is 26.2 Å². The quantitative estimate of drug-likeness (QED) is 0.752. The van der Waals surface area contributed by atoms with Crippen LogP contribution in [0.2, 0.25) is 0 Å². The van der Waals surface area contributed by atoms with E-state index in [2.05, 4.69) is 22.5 Å². The highest BCUT2D eigenvalue weighted by atomic mass is 16.3. The number of likely N-dealkylation sites (tertiary alicyclic amines) is 1. The third-order valence-corrected chi connectivity index (χ3v) is 4.64. The number of nitrogens with one attached hydrogen (secondary N) is 2. The van der Waals surface area contributed by atoms with Crippen LogP contribution in [0.25, 0.3) is 0 Å². The molecule has 1 aliphatic rings. The molecule has 1 saturated heterocycles. The summed E-state index contributed by atoms with van der Waals surface area (Å²) in [4.78, 5) is 14.4. The van der Waals surface area contributed by atoms with Crippen LogP contribution >= 0.6 is 0 Å². The fraction of sp³-hybridized carbons (Fsp3) is 0.611. The number of piperidine rings is 1. The van der Waals surface area contributed by atoms with Crippen molar-refractivity contribution in [2.45, 2.75) is 44.8 Å². The lowest BCUT2D eigenvalue weighted by Crippen LogP contribution is -2.50. The molecule has 1 aliphatic heterocycles. The van der Waals surface area contributed by atoms with Gasteiger partial charge in [0.2, 0.25) is 0 Å². The van der Waals surface area contributed by atoms with E-state index in [0.29, 0.717) is 12.6 Å². The standard InChI is InChI=1S/C18H29N3O2/c1-3-21-12-8-7-11-16(21)13-19-17(22)20-14-18(2,23)15-9-5-4-6-10-15/h4-6,9-10,16,23H,3,7-8,11-14H2,1-2H3,(H2,19,20,22). The first kappa shape index (κ1) is 17.8. The van der Waals surface area contributed by atoms with Gasteiger partial charge in [0.05, 0.1) is 6.54 Å². The number of benzene rings is 1. The van der Waals surface area contributed by atoms with Crippen LogP contribution < -0.4 is 10.6 Å². The summed E-state index contributed by atoms with van der Waals surface area (Å²) in [6.45, 7) is 6.86. The predicted octanol–water partition coefficient (Wildman–Crippen LogP) is 2.07. The van der Waals surface area contributed by atoms with Gasteiger partial charge in [0.25, 0.3) is 0 Å². The Morgan fingerprint density at radius 2 is 2.04 bits per heavy atom. The number of hydrogen-bond acceptors (Lipinski definition) is 3. The van der Waals surface area contributed by atoms with E-state index in [-0.39, 0.29) is 12.6 Å². The van der Waals surface area contributed by atoms with E-state index in [1.54, 1.807) is 6.92 Å². The minimum atomic E-state index is -1.07. The normalized spacial score (nSPS) is 21.4. The van der Waals surface area contributed by atoms with Crippen molar-refractivity contribution in [1.29, 1.82) is 0 Å². The highest BCUT2D eigenvalue weighted by Crippen LogP contribution is 2.19. The summed E-state index contributed by atoms with van der Waals surface area (Å²) in [6, 6.07) is 9.60. The number of hydrogen-bond donors (Lipinski definition) is 3. The van der Waals surface area contributed by atoms with Gasteiger partial charge in [0.15, 0.2) is 0 Å². The maximum absolute atomic E-state index is 12.0. The average Bonchev–Trinajstić information content (AvgIpc) is 2.59. The second kappa shape index (κ2) is 8.31. The van der Waals surface area contributed by atoms with E-state index in [1.165, 1.54) is 12.8 Å². The lowest BCUT2D eigenvalue weighted by atomic mass is 9.96. The first-order valence-corrected chi connectivity index (χ1v) is 8.56. The van der Waals surface area contributed by atoms with E-state index < -0.39 is 5.60 Å². The van der Waals surface area contributed by atoms with Gasteiger partial charge in [-0.1, -0.05) is 43.7 Å². The van der Waals surface area contributed by atoms with E-state index >= 15 is 0 Å². The van der Waals surface area contributed by atoms with Crippen molar-refractivity contribution in [1.82, 2.24) is 15.5 Å². The van der Waals surface area contributed by atoms with Gasteiger partial charge in [-0.15, -0.1) is 0 Å². The van der Waals surface area contributed by atoms with Gasteiger partial charge in [-0.3, -0.25) is 4.90 Å². The fourth-order valence-electron chi connectivity index (χ4n) is 3.13. The number of aliphatic hydroxyl groups is 1. The third kappa shape index (κ3) is 5.22. The molecule has 5 heteroatoms. The van der Waals surface area contributed by atoms with E-state index in [9.17, 15) is 9.90 Å². The summed E-state index contributed by atoms with van der Waals surface area (Å²) in [5.41, 5.74) is -0.274. The van der Waals surface area contributed by atoms with Crippen molar-refractivity contribution in [3.8, 4) is 0 Å². The zero-order valence-corrected chi connectivity index (χ0v) is 14.2. The number of nitrogens with zero attached hydrogens (tertiary/aromatic N) is 1. The molecular weight excluding hydrogens is 290 g/mol. The molecule has 0 aliphatic carbocycles. The molecule has 0 aromatic heterocycles. The van der Waals surface area contributed by atoms with Gasteiger partial charge >= 0.3 is 6.03 Å². The maximum atomic E-state index is 12.0. The summed E-state index contributed by atoms with van der Waals surface area (Å²) < 4.78 is 0. The SMILES string of the molecule is CCN1CCCCC1CNC(=O)NCC(C)(O)c1ccccc1. The molecule has 1 heterocycles. The molecule has 0 radical (unpaired) electrons. The van der Waals surface area contributed by atoms with Gasteiger partial charge in [-0.05, 0) is 38.4 Å². The number of amides is 2. The highest BCUT2D eigenvalue weighted by molar-refractivity contribution is 5.73. The maximum Gasteiger partial charge on any atom is 0.314 e. The Morgan fingerprint density at radius 1 is 1.30 bits per heavy atom. The lowest BCUT2D eigenvalue weighted by molar-refractivity contribution is 0.0592. The molecule has 23 heavy (non-hydrogen) atoms. The van der Waals surface area contributed by atoms with Crippen molar-refractivity contribution in [3.05, 3.63) is 35.9 Å². The summed E-state index contributed by atoms with van der Waals surface area (Å²) in [6.07, 6.45) is 3.61. The molecule has 0 saturated carbocycles. The Labute approximate surface area is 139 Å². The van der Waals surface area contributed by atoms with Gasteiger partial charge in [-0.2, -0.15) is 0 Å². The number of likely N-dealkylation sites (N-methyl/N-ethyl adjacent to an activating group) is 1. The van der Waals surface area contributed by atoms with Crippen molar-refractivity contribution >= 4 is 6.03 Å². The van der Waals surface area contributed by atoms with Gasteiger partial charge < -0.3 is 15.7 Å². The van der Waals surface area contributed by atoms with Crippen molar-refractivity contribution in [3.63, 3.8) is 0 Å².